The van der Waals surface area contributed by atoms with Gasteiger partial charge >= 0.3 is 0 Å². The van der Waals surface area contributed by atoms with Crippen LogP contribution in [0.3, 0.4) is 0 Å². The smallest absolute Gasteiger partial charge is 0.272 e. The average molecular weight is 207 g/mol. The van der Waals surface area contributed by atoms with Crippen molar-refractivity contribution in [3.63, 3.8) is 0 Å². The van der Waals surface area contributed by atoms with Gasteiger partial charge in [0.15, 0.2) is 0 Å². The Morgan fingerprint density at radius 2 is 2.13 bits per heavy atom. The van der Waals surface area contributed by atoms with Crippen LogP contribution < -0.4 is 0 Å². The predicted molar refractivity (Wildman–Crippen MR) is 55.5 cm³/mol. The molecule has 4 nitrogen and oxygen atoms in total. The summed E-state index contributed by atoms with van der Waals surface area (Å²) >= 11 is 0. The van der Waals surface area contributed by atoms with Crippen LogP contribution in [-0.4, -0.2) is 16.1 Å². The highest BCUT2D eigenvalue weighted by atomic mass is 16.6. The molecular formula is C11H13NO3. The van der Waals surface area contributed by atoms with Crippen LogP contribution >= 0.6 is 0 Å². The summed E-state index contributed by atoms with van der Waals surface area (Å²) < 4.78 is 0. The summed E-state index contributed by atoms with van der Waals surface area (Å²) in [6, 6.07) is 6.60. The van der Waals surface area contributed by atoms with E-state index in [2.05, 4.69) is 0 Å². The molecule has 1 unspecified atom stereocenters. The quantitative estimate of drug-likeness (QED) is 0.605. The molecule has 15 heavy (non-hydrogen) atoms. The first-order valence-corrected chi connectivity index (χ1v) is 5.09. The zero-order valence-corrected chi connectivity index (χ0v) is 8.30. The Hall–Kier alpha value is -1.42. The molecule has 0 aliphatic heterocycles. The highest BCUT2D eigenvalue weighted by molar-refractivity contribution is 5.40. The molecule has 0 heterocycles. The van der Waals surface area contributed by atoms with E-state index in [1.165, 1.54) is 6.07 Å². The normalized spacial score (nSPS) is 17.4. The highest BCUT2D eigenvalue weighted by Crippen LogP contribution is 2.34. The maximum absolute atomic E-state index is 10.7. The number of aliphatic hydroxyl groups excluding tert-OH is 1. The predicted octanol–water partition coefficient (Wildman–Crippen LogP) is 1.91. The number of rotatable bonds is 4. The van der Waals surface area contributed by atoms with Crippen LogP contribution in [0.4, 0.5) is 5.69 Å². The molecule has 1 aromatic carbocycles. The lowest BCUT2D eigenvalue weighted by atomic mass is 10.0. The third-order valence-electron chi connectivity index (χ3n) is 2.78. The minimum Gasteiger partial charge on any atom is -0.392 e. The molecular weight excluding hydrogens is 194 g/mol. The van der Waals surface area contributed by atoms with Crippen molar-refractivity contribution in [3.05, 3.63) is 39.9 Å². The Labute approximate surface area is 87.7 Å². The Kier molecular flexibility index (Phi) is 2.68. The van der Waals surface area contributed by atoms with Gasteiger partial charge in [-0.3, -0.25) is 10.1 Å². The molecule has 1 aliphatic carbocycles. The van der Waals surface area contributed by atoms with Crippen molar-refractivity contribution in [2.24, 2.45) is 5.92 Å². The van der Waals surface area contributed by atoms with Crippen LogP contribution in [0.2, 0.25) is 0 Å². The summed E-state index contributed by atoms with van der Waals surface area (Å²) in [6.07, 6.45) is 2.05. The fraction of sp³-hybridized carbons (Fsp3) is 0.455. The van der Waals surface area contributed by atoms with Gasteiger partial charge in [-0.1, -0.05) is 18.2 Å². The Bertz CT molecular complexity index is 374. The van der Waals surface area contributed by atoms with E-state index in [4.69, 9.17) is 0 Å². The maximum Gasteiger partial charge on any atom is 0.272 e. The van der Waals surface area contributed by atoms with Gasteiger partial charge < -0.3 is 5.11 Å². The van der Waals surface area contributed by atoms with Crippen LogP contribution in [0, 0.1) is 16.0 Å². The van der Waals surface area contributed by atoms with Gasteiger partial charge in [0.2, 0.25) is 0 Å². The van der Waals surface area contributed by atoms with Gasteiger partial charge in [-0.05, 0) is 18.8 Å². The van der Waals surface area contributed by atoms with Crippen LogP contribution in [0.1, 0.15) is 18.4 Å². The molecule has 2 rings (SSSR count). The second-order valence-electron chi connectivity index (χ2n) is 3.99. The number of hydrogen-bond acceptors (Lipinski definition) is 3. The number of para-hydroxylation sites is 1. The standard InChI is InChI=1S/C11H13NO3/c13-11(8-5-6-8)7-9-3-1-2-4-10(9)12(14)15/h1-4,8,11,13H,5-7H2. The fourth-order valence-electron chi connectivity index (χ4n) is 1.73. The van der Waals surface area contributed by atoms with Crippen molar-refractivity contribution in [2.75, 3.05) is 0 Å². The Balaban J connectivity index is 2.15. The fourth-order valence-corrected chi connectivity index (χ4v) is 1.73. The van der Waals surface area contributed by atoms with E-state index in [0.717, 1.165) is 12.8 Å². The zero-order chi connectivity index (χ0) is 10.8. The van der Waals surface area contributed by atoms with Crippen LogP contribution in [0.5, 0.6) is 0 Å². The first-order chi connectivity index (χ1) is 7.18. The first-order valence-electron chi connectivity index (χ1n) is 5.09. The van der Waals surface area contributed by atoms with Gasteiger partial charge in [0.05, 0.1) is 11.0 Å². The summed E-state index contributed by atoms with van der Waals surface area (Å²) in [6.45, 7) is 0. The molecule has 1 fully saturated rings. The third-order valence-corrected chi connectivity index (χ3v) is 2.78. The minimum atomic E-state index is -0.425. The lowest BCUT2D eigenvalue weighted by Gasteiger charge is -2.08. The molecule has 80 valence electrons. The van der Waals surface area contributed by atoms with Gasteiger partial charge in [0, 0.05) is 18.1 Å². The summed E-state index contributed by atoms with van der Waals surface area (Å²) in [4.78, 5) is 10.3. The van der Waals surface area contributed by atoms with Gasteiger partial charge in [0.25, 0.3) is 5.69 Å². The highest BCUT2D eigenvalue weighted by Gasteiger charge is 2.30. The number of nitro benzene ring substituents is 1. The largest absolute Gasteiger partial charge is 0.392 e. The van der Waals surface area contributed by atoms with Crippen molar-refractivity contribution < 1.29 is 10.0 Å². The second kappa shape index (κ2) is 3.98. The van der Waals surface area contributed by atoms with E-state index in [0.29, 0.717) is 17.9 Å². The molecule has 1 aliphatic rings. The molecule has 4 heteroatoms. The van der Waals surface area contributed by atoms with Gasteiger partial charge in [0.1, 0.15) is 0 Å². The van der Waals surface area contributed by atoms with Crippen molar-refractivity contribution in [1.82, 2.24) is 0 Å². The average Bonchev–Trinajstić information content (AvgIpc) is 3.01. The summed E-state index contributed by atoms with van der Waals surface area (Å²) in [5.41, 5.74) is 0.735. The monoisotopic (exact) mass is 207 g/mol. The third kappa shape index (κ3) is 2.33. The second-order valence-corrected chi connectivity index (χ2v) is 3.99. The molecule has 0 radical (unpaired) electrons. The van der Waals surface area contributed by atoms with Crippen molar-refractivity contribution in [3.8, 4) is 0 Å². The lowest BCUT2D eigenvalue weighted by molar-refractivity contribution is -0.385. The maximum atomic E-state index is 10.7. The van der Waals surface area contributed by atoms with Gasteiger partial charge in [-0.15, -0.1) is 0 Å². The van der Waals surface area contributed by atoms with E-state index in [1.807, 2.05) is 0 Å². The zero-order valence-electron chi connectivity index (χ0n) is 8.30. The van der Waals surface area contributed by atoms with E-state index in [-0.39, 0.29) is 5.69 Å². The van der Waals surface area contributed by atoms with Crippen LogP contribution in [-0.2, 0) is 6.42 Å². The number of nitrogens with zero attached hydrogens (tertiary/aromatic N) is 1. The first kappa shape index (κ1) is 10.1. The molecule has 0 aromatic heterocycles. The van der Waals surface area contributed by atoms with Crippen LogP contribution in [0.15, 0.2) is 24.3 Å². The van der Waals surface area contributed by atoms with Gasteiger partial charge in [-0.2, -0.15) is 0 Å². The van der Waals surface area contributed by atoms with E-state index < -0.39 is 11.0 Å². The Morgan fingerprint density at radius 1 is 1.47 bits per heavy atom. The number of aliphatic hydroxyl groups is 1. The number of nitro groups is 1. The van der Waals surface area contributed by atoms with E-state index in [1.54, 1.807) is 18.2 Å². The lowest BCUT2D eigenvalue weighted by Crippen LogP contribution is -2.13. The summed E-state index contributed by atoms with van der Waals surface area (Å²) in [5.74, 6) is 0.352. The summed E-state index contributed by atoms with van der Waals surface area (Å²) in [5, 5.41) is 20.4. The molecule has 1 atom stereocenters. The molecule has 0 spiro atoms. The van der Waals surface area contributed by atoms with Gasteiger partial charge in [-0.25, -0.2) is 0 Å². The topological polar surface area (TPSA) is 63.4 Å². The van der Waals surface area contributed by atoms with E-state index >= 15 is 0 Å². The minimum absolute atomic E-state index is 0.109. The van der Waals surface area contributed by atoms with Crippen LogP contribution in [0.25, 0.3) is 0 Å². The Morgan fingerprint density at radius 3 is 2.73 bits per heavy atom. The number of hydrogen-bond donors (Lipinski definition) is 1. The van der Waals surface area contributed by atoms with E-state index in [9.17, 15) is 15.2 Å². The van der Waals surface area contributed by atoms with Crippen molar-refractivity contribution in [2.45, 2.75) is 25.4 Å². The molecule has 1 saturated carbocycles. The molecule has 0 saturated heterocycles. The molecule has 1 aromatic rings. The van der Waals surface area contributed by atoms with Crippen molar-refractivity contribution >= 4 is 5.69 Å². The SMILES string of the molecule is O=[N+]([O-])c1ccccc1CC(O)C1CC1. The van der Waals surface area contributed by atoms with Crippen molar-refractivity contribution in [1.29, 1.82) is 0 Å². The summed E-state index contributed by atoms with van der Waals surface area (Å²) in [7, 11) is 0. The molecule has 1 N–H and O–H groups in total. The number of benzene rings is 1. The molecule has 0 bridgehead atoms. The molecule has 0 amide bonds.